The van der Waals surface area contributed by atoms with Crippen molar-refractivity contribution in [1.82, 2.24) is 15.8 Å². The highest BCUT2D eigenvalue weighted by atomic mass is 32.1. The number of anilines is 1. The summed E-state index contributed by atoms with van der Waals surface area (Å²) in [6.45, 7) is 2.65. The van der Waals surface area contributed by atoms with E-state index in [-0.39, 0.29) is 12.5 Å². The maximum atomic E-state index is 12.7. The number of carbonyl (C=O) groups is 3. The molecule has 0 saturated heterocycles. The van der Waals surface area contributed by atoms with E-state index in [0.29, 0.717) is 11.4 Å². The van der Waals surface area contributed by atoms with Crippen LogP contribution in [0.2, 0.25) is 0 Å². The lowest BCUT2D eigenvalue weighted by molar-refractivity contribution is -0.129. The molecule has 0 aliphatic carbocycles. The Balaban J connectivity index is 1.63. The molecule has 9 heteroatoms. The average Bonchev–Trinajstić information content (AvgIpc) is 3.26. The van der Waals surface area contributed by atoms with Gasteiger partial charge in [-0.2, -0.15) is 0 Å². The van der Waals surface area contributed by atoms with Gasteiger partial charge in [0.1, 0.15) is 17.3 Å². The molecule has 0 fully saturated rings. The largest absolute Gasteiger partial charge is 0.479 e. The molecule has 8 nitrogen and oxygen atoms in total. The molecule has 4 rings (SSSR count). The first-order valence-electron chi connectivity index (χ1n) is 9.61. The molecule has 2 heterocycles. The van der Waals surface area contributed by atoms with Gasteiger partial charge in [-0.05, 0) is 25.1 Å². The van der Waals surface area contributed by atoms with Crippen LogP contribution in [0.25, 0.3) is 21.8 Å². The summed E-state index contributed by atoms with van der Waals surface area (Å²) >= 11 is 1.53. The minimum absolute atomic E-state index is 0.254. The zero-order valence-corrected chi connectivity index (χ0v) is 17.7. The smallest absolute Gasteiger partial charge is 0.268 e. The first-order chi connectivity index (χ1) is 14.9. The zero-order valence-electron chi connectivity index (χ0n) is 16.9. The van der Waals surface area contributed by atoms with Gasteiger partial charge >= 0.3 is 0 Å². The lowest BCUT2D eigenvalue weighted by atomic mass is 10.1. The normalized spacial score (nSPS) is 15.1. The maximum Gasteiger partial charge on any atom is 0.268 e. The van der Waals surface area contributed by atoms with Crippen LogP contribution in [0.15, 0.2) is 53.9 Å². The second kappa shape index (κ2) is 8.57. The summed E-state index contributed by atoms with van der Waals surface area (Å²) in [5, 5.41) is 2.84. The van der Waals surface area contributed by atoms with E-state index >= 15 is 0 Å². The van der Waals surface area contributed by atoms with E-state index in [4.69, 9.17) is 9.72 Å². The lowest BCUT2D eigenvalue weighted by Gasteiger charge is -2.32. The van der Waals surface area contributed by atoms with Crippen LogP contribution in [-0.4, -0.2) is 35.4 Å². The van der Waals surface area contributed by atoms with E-state index in [2.05, 4.69) is 10.9 Å². The van der Waals surface area contributed by atoms with Crippen molar-refractivity contribution in [3.63, 3.8) is 0 Å². The van der Waals surface area contributed by atoms with Gasteiger partial charge in [-0.15, -0.1) is 11.3 Å². The molecular weight excluding hydrogens is 416 g/mol. The number of hydrogen-bond acceptors (Lipinski definition) is 6. The van der Waals surface area contributed by atoms with Crippen LogP contribution in [0.1, 0.15) is 13.8 Å². The number of nitrogens with one attached hydrogen (secondary N) is 2. The van der Waals surface area contributed by atoms with E-state index in [1.807, 2.05) is 41.8 Å². The molecule has 0 bridgehead atoms. The highest BCUT2D eigenvalue weighted by Crippen LogP contribution is 2.38. The fourth-order valence-electron chi connectivity index (χ4n) is 3.19. The summed E-state index contributed by atoms with van der Waals surface area (Å²) in [7, 11) is 0. The van der Waals surface area contributed by atoms with Gasteiger partial charge < -0.3 is 4.74 Å². The zero-order chi connectivity index (χ0) is 22.0. The van der Waals surface area contributed by atoms with Gasteiger partial charge in [0.2, 0.25) is 5.91 Å². The van der Waals surface area contributed by atoms with Crippen LogP contribution >= 0.6 is 11.3 Å². The number of hydrogen-bond donors (Lipinski definition) is 2. The van der Waals surface area contributed by atoms with Crippen molar-refractivity contribution in [1.29, 1.82) is 0 Å². The first-order valence-corrected chi connectivity index (χ1v) is 10.5. The fraction of sp³-hybridized carbons (Fsp3) is 0.182. The number of thiazole rings is 1. The third-order valence-electron chi connectivity index (χ3n) is 4.67. The number of fused-ring (bicyclic) bond motifs is 1. The summed E-state index contributed by atoms with van der Waals surface area (Å²) in [6.07, 6.45) is -0.726. The molecule has 3 amide bonds. The number of benzene rings is 2. The van der Waals surface area contributed by atoms with Gasteiger partial charge in [-0.3, -0.25) is 30.1 Å². The van der Waals surface area contributed by atoms with E-state index < -0.39 is 17.9 Å². The minimum atomic E-state index is -0.726. The Labute approximate surface area is 182 Å². The highest BCUT2D eigenvalue weighted by Gasteiger charge is 2.33. The predicted octanol–water partition coefficient (Wildman–Crippen LogP) is 2.76. The number of rotatable bonds is 4. The van der Waals surface area contributed by atoms with E-state index in [9.17, 15) is 14.4 Å². The SMILES string of the molecule is CC(=O)NNC(=O)CN1C(=O)C(C)Oc2ccc(-c3csc(-c4ccccc4)n3)cc21. The summed E-state index contributed by atoms with van der Waals surface area (Å²) in [6, 6.07) is 15.3. The van der Waals surface area contributed by atoms with Gasteiger partial charge in [0.05, 0.1) is 11.4 Å². The number of aromatic nitrogens is 1. The van der Waals surface area contributed by atoms with Crippen LogP contribution in [0, 0.1) is 0 Å². The van der Waals surface area contributed by atoms with Crippen LogP contribution in [0.4, 0.5) is 5.69 Å². The highest BCUT2D eigenvalue weighted by molar-refractivity contribution is 7.13. The van der Waals surface area contributed by atoms with Gasteiger partial charge in [-0.1, -0.05) is 30.3 Å². The monoisotopic (exact) mass is 436 g/mol. The third kappa shape index (κ3) is 4.41. The topological polar surface area (TPSA) is 101 Å². The van der Waals surface area contributed by atoms with Gasteiger partial charge in [0, 0.05) is 23.4 Å². The minimum Gasteiger partial charge on any atom is -0.479 e. The summed E-state index contributed by atoms with van der Waals surface area (Å²) in [4.78, 5) is 42.0. The number of hydrazine groups is 1. The van der Waals surface area contributed by atoms with E-state index in [1.165, 1.54) is 23.2 Å². The number of amides is 3. The molecule has 0 saturated carbocycles. The Morgan fingerprint density at radius 1 is 1.13 bits per heavy atom. The number of nitrogens with zero attached hydrogens (tertiary/aromatic N) is 2. The van der Waals surface area contributed by atoms with Crippen LogP contribution in [0.5, 0.6) is 5.75 Å². The molecule has 1 aromatic heterocycles. The molecule has 2 aromatic carbocycles. The Hall–Kier alpha value is -3.72. The molecule has 31 heavy (non-hydrogen) atoms. The second-order valence-electron chi connectivity index (χ2n) is 7.00. The second-order valence-corrected chi connectivity index (χ2v) is 7.86. The molecule has 1 unspecified atom stereocenters. The van der Waals surface area contributed by atoms with Gasteiger partial charge in [0.15, 0.2) is 6.10 Å². The Morgan fingerprint density at radius 3 is 2.65 bits per heavy atom. The quantitative estimate of drug-likeness (QED) is 0.613. The van der Waals surface area contributed by atoms with Gasteiger partial charge in [0.25, 0.3) is 11.8 Å². The Morgan fingerprint density at radius 2 is 1.90 bits per heavy atom. The first kappa shape index (κ1) is 20.5. The van der Waals surface area contributed by atoms with Crippen molar-refractivity contribution in [2.75, 3.05) is 11.4 Å². The summed E-state index contributed by atoms with van der Waals surface area (Å²) in [5.41, 5.74) is 7.58. The van der Waals surface area contributed by atoms with Crippen molar-refractivity contribution >= 4 is 34.7 Å². The third-order valence-corrected chi connectivity index (χ3v) is 5.56. The standard InChI is InChI=1S/C22H20N4O4S/c1-13-22(29)26(11-20(28)25-24-14(2)27)18-10-16(8-9-19(18)30-13)17-12-31-21(23-17)15-6-4-3-5-7-15/h3-10,12-13H,11H2,1-2H3,(H,24,27)(H,25,28). The number of ether oxygens (including phenoxy) is 1. The molecule has 2 N–H and O–H groups in total. The van der Waals surface area contributed by atoms with Crippen LogP contribution in [-0.2, 0) is 14.4 Å². The number of carbonyl (C=O) groups excluding carboxylic acids is 3. The van der Waals surface area contributed by atoms with Crippen molar-refractivity contribution in [2.45, 2.75) is 20.0 Å². The predicted molar refractivity (Wildman–Crippen MR) is 117 cm³/mol. The molecule has 0 radical (unpaired) electrons. The molecule has 0 spiro atoms. The molecule has 1 atom stereocenters. The van der Waals surface area contributed by atoms with Gasteiger partial charge in [-0.25, -0.2) is 4.98 Å². The fourth-order valence-corrected chi connectivity index (χ4v) is 4.03. The maximum absolute atomic E-state index is 12.7. The molecule has 158 valence electrons. The average molecular weight is 436 g/mol. The Kier molecular flexibility index (Phi) is 5.68. The summed E-state index contributed by atoms with van der Waals surface area (Å²) in [5.74, 6) is -0.767. The van der Waals surface area contributed by atoms with Crippen LogP contribution in [0.3, 0.4) is 0 Å². The molecule has 1 aliphatic rings. The van der Waals surface area contributed by atoms with E-state index in [0.717, 1.165) is 21.8 Å². The molecule has 3 aromatic rings. The molecule has 1 aliphatic heterocycles. The van der Waals surface area contributed by atoms with Crippen molar-refractivity contribution in [2.24, 2.45) is 0 Å². The summed E-state index contributed by atoms with van der Waals surface area (Å²) < 4.78 is 5.71. The Bertz CT molecular complexity index is 1150. The van der Waals surface area contributed by atoms with E-state index in [1.54, 1.807) is 19.1 Å². The lowest BCUT2D eigenvalue weighted by Crippen LogP contribution is -2.51. The van der Waals surface area contributed by atoms with Crippen molar-refractivity contribution in [3.8, 4) is 27.6 Å². The van der Waals surface area contributed by atoms with Crippen LogP contribution < -0.4 is 20.5 Å². The van der Waals surface area contributed by atoms with Crippen molar-refractivity contribution in [3.05, 3.63) is 53.9 Å². The van der Waals surface area contributed by atoms with Crippen molar-refractivity contribution < 1.29 is 19.1 Å². The molecular formula is C22H20N4O4S.